The number of carbonyl (C=O) groups is 1. The van der Waals surface area contributed by atoms with Gasteiger partial charge in [0.1, 0.15) is 0 Å². The Balaban J connectivity index is 1.62. The number of nitrogens with zero attached hydrogens (tertiary/aromatic N) is 2. The van der Waals surface area contributed by atoms with Crippen molar-refractivity contribution in [3.8, 4) is 0 Å². The molecular formula is C21H34N4O2. The van der Waals surface area contributed by atoms with Crippen LogP contribution >= 0.6 is 0 Å². The van der Waals surface area contributed by atoms with E-state index in [0.29, 0.717) is 38.6 Å². The molecule has 1 aromatic carbocycles. The molecule has 6 nitrogen and oxygen atoms in total. The summed E-state index contributed by atoms with van der Waals surface area (Å²) in [6, 6.07) is 10.2. The maximum atomic E-state index is 12.0. The summed E-state index contributed by atoms with van der Waals surface area (Å²) in [5.74, 6) is 1.11. The molecule has 1 aromatic rings. The number of hydrogen-bond acceptors (Lipinski definition) is 3. The van der Waals surface area contributed by atoms with Crippen LogP contribution in [0.2, 0.25) is 0 Å². The molecule has 150 valence electrons. The molecule has 0 radical (unpaired) electrons. The molecule has 6 heteroatoms. The van der Waals surface area contributed by atoms with Crippen LogP contribution in [0.3, 0.4) is 0 Å². The van der Waals surface area contributed by atoms with E-state index < -0.39 is 0 Å². The van der Waals surface area contributed by atoms with Crippen molar-refractivity contribution in [1.82, 2.24) is 15.5 Å². The van der Waals surface area contributed by atoms with Crippen LogP contribution in [-0.2, 0) is 16.1 Å². The largest absolute Gasteiger partial charge is 0.375 e. The van der Waals surface area contributed by atoms with Gasteiger partial charge in [-0.3, -0.25) is 9.79 Å². The molecule has 0 aromatic heterocycles. The van der Waals surface area contributed by atoms with Crippen molar-refractivity contribution in [1.29, 1.82) is 0 Å². The van der Waals surface area contributed by atoms with E-state index in [9.17, 15) is 4.79 Å². The lowest BCUT2D eigenvalue weighted by Gasteiger charge is -2.20. The molecule has 0 bridgehead atoms. The number of ether oxygens (including phenoxy) is 1. The summed E-state index contributed by atoms with van der Waals surface area (Å²) in [5, 5.41) is 6.55. The fourth-order valence-corrected chi connectivity index (χ4v) is 3.08. The third-order valence-electron chi connectivity index (χ3n) is 4.52. The number of carbonyl (C=O) groups excluding carboxylic acids is 1. The van der Waals surface area contributed by atoms with Gasteiger partial charge in [0.2, 0.25) is 5.91 Å². The predicted octanol–water partition coefficient (Wildman–Crippen LogP) is 2.55. The summed E-state index contributed by atoms with van der Waals surface area (Å²) >= 11 is 0. The third-order valence-corrected chi connectivity index (χ3v) is 4.52. The summed E-state index contributed by atoms with van der Waals surface area (Å²) in [4.78, 5) is 18.6. The van der Waals surface area contributed by atoms with Crippen LogP contribution in [0.5, 0.6) is 0 Å². The van der Waals surface area contributed by atoms with Crippen LogP contribution < -0.4 is 10.6 Å². The maximum absolute atomic E-state index is 12.0. The Kier molecular flexibility index (Phi) is 10.3. The predicted molar refractivity (Wildman–Crippen MR) is 110 cm³/mol. The number of benzene rings is 1. The number of likely N-dealkylation sites (tertiary alicyclic amines) is 1. The highest BCUT2D eigenvalue weighted by molar-refractivity contribution is 5.79. The summed E-state index contributed by atoms with van der Waals surface area (Å²) in [5.41, 5.74) is 1.18. The molecule has 0 atom stereocenters. The standard InChI is InChI=1S/C21H34N4O2/c1-2-22-21(24-14-17-27-18-19-10-5-3-6-11-19)23-13-9-16-25-15-8-4-7-12-20(25)26/h3,5-6,10-11H,2,4,7-9,12-18H2,1H3,(H2,22,23,24). The molecule has 1 aliphatic heterocycles. The van der Waals surface area contributed by atoms with Crippen molar-refractivity contribution >= 4 is 11.9 Å². The van der Waals surface area contributed by atoms with Gasteiger partial charge >= 0.3 is 0 Å². The highest BCUT2D eigenvalue weighted by Gasteiger charge is 2.15. The summed E-state index contributed by atoms with van der Waals surface area (Å²) in [7, 11) is 0. The Morgan fingerprint density at radius 1 is 1.19 bits per heavy atom. The van der Waals surface area contributed by atoms with Gasteiger partial charge in [0.05, 0.1) is 13.2 Å². The molecular weight excluding hydrogens is 340 g/mol. The third kappa shape index (κ3) is 8.91. The molecule has 0 spiro atoms. The first-order chi connectivity index (χ1) is 13.3. The second-order valence-electron chi connectivity index (χ2n) is 6.77. The van der Waals surface area contributed by atoms with Gasteiger partial charge < -0.3 is 20.3 Å². The van der Waals surface area contributed by atoms with Crippen LogP contribution in [0.15, 0.2) is 35.3 Å². The van der Waals surface area contributed by atoms with E-state index in [1.165, 1.54) is 12.0 Å². The van der Waals surface area contributed by atoms with Crippen molar-refractivity contribution in [2.24, 2.45) is 4.99 Å². The molecule has 1 amide bonds. The SMILES string of the molecule is CCNC(=NCCCN1CCCCCC1=O)NCCOCc1ccccc1. The smallest absolute Gasteiger partial charge is 0.222 e. The minimum Gasteiger partial charge on any atom is -0.375 e. The van der Waals surface area contributed by atoms with E-state index in [4.69, 9.17) is 4.74 Å². The first-order valence-electron chi connectivity index (χ1n) is 10.2. The van der Waals surface area contributed by atoms with Gasteiger partial charge in [-0.25, -0.2) is 0 Å². The molecule has 1 fully saturated rings. The lowest BCUT2D eigenvalue weighted by Crippen LogP contribution is -2.39. The molecule has 0 saturated carbocycles. The van der Waals surface area contributed by atoms with E-state index in [1.54, 1.807) is 0 Å². The normalized spacial score (nSPS) is 15.5. The number of amides is 1. The average Bonchev–Trinajstić information content (AvgIpc) is 2.90. The van der Waals surface area contributed by atoms with Gasteiger partial charge in [-0.15, -0.1) is 0 Å². The maximum Gasteiger partial charge on any atom is 0.222 e. The zero-order valence-electron chi connectivity index (χ0n) is 16.6. The number of aliphatic imine (C=N–C) groups is 1. The van der Waals surface area contributed by atoms with Gasteiger partial charge in [-0.2, -0.15) is 0 Å². The summed E-state index contributed by atoms with van der Waals surface area (Å²) < 4.78 is 5.69. The Morgan fingerprint density at radius 2 is 2.04 bits per heavy atom. The van der Waals surface area contributed by atoms with Crippen molar-refractivity contribution in [3.63, 3.8) is 0 Å². The van der Waals surface area contributed by atoms with Gasteiger partial charge in [0, 0.05) is 39.1 Å². The monoisotopic (exact) mass is 374 g/mol. The van der Waals surface area contributed by atoms with Crippen LogP contribution in [0.4, 0.5) is 0 Å². The van der Waals surface area contributed by atoms with Crippen molar-refractivity contribution < 1.29 is 9.53 Å². The highest BCUT2D eigenvalue weighted by atomic mass is 16.5. The molecule has 2 N–H and O–H groups in total. The second-order valence-corrected chi connectivity index (χ2v) is 6.77. The molecule has 0 aliphatic carbocycles. The topological polar surface area (TPSA) is 66.0 Å². The van der Waals surface area contributed by atoms with Crippen molar-refractivity contribution in [2.75, 3.05) is 39.3 Å². The average molecular weight is 375 g/mol. The first kappa shape index (κ1) is 21.2. The van der Waals surface area contributed by atoms with Crippen LogP contribution in [0.1, 0.15) is 44.6 Å². The quantitative estimate of drug-likeness (QED) is 0.375. The van der Waals surface area contributed by atoms with Crippen LogP contribution in [0, 0.1) is 0 Å². The van der Waals surface area contributed by atoms with Crippen molar-refractivity contribution in [3.05, 3.63) is 35.9 Å². The zero-order valence-corrected chi connectivity index (χ0v) is 16.6. The van der Waals surface area contributed by atoms with Crippen LogP contribution in [-0.4, -0.2) is 56.1 Å². The van der Waals surface area contributed by atoms with E-state index >= 15 is 0 Å². The highest BCUT2D eigenvalue weighted by Crippen LogP contribution is 2.11. The van der Waals surface area contributed by atoms with E-state index in [2.05, 4.69) is 34.7 Å². The Hall–Kier alpha value is -2.08. The van der Waals surface area contributed by atoms with Gasteiger partial charge in [0.15, 0.2) is 5.96 Å². The van der Waals surface area contributed by atoms with Crippen LogP contribution in [0.25, 0.3) is 0 Å². The molecule has 2 rings (SSSR count). The fraction of sp³-hybridized carbons (Fsp3) is 0.619. The Bertz CT molecular complexity index is 563. The lowest BCUT2D eigenvalue weighted by atomic mass is 10.2. The number of hydrogen-bond donors (Lipinski definition) is 2. The first-order valence-corrected chi connectivity index (χ1v) is 10.2. The lowest BCUT2D eigenvalue weighted by molar-refractivity contribution is -0.130. The van der Waals surface area contributed by atoms with Gasteiger partial charge in [0.25, 0.3) is 0 Å². The van der Waals surface area contributed by atoms with Gasteiger partial charge in [-0.1, -0.05) is 36.8 Å². The molecule has 1 heterocycles. The number of rotatable bonds is 10. The summed E-state index contributed by atoms with van der Waals surface area (Å²) in [6.45, 7) is 7.26. The van der Waals surface area contributed by atoms with Gasteiger partial charge in [-0.05, 0) is 31.7 Å². The number of guanidine groups is 1. The summed E-state index contributed by atoms with van der Waals surface area (Å²) in [6.07, 6.45) is 4.93. The Labute approximate surface area is 163 Å². The zero-order chi connectivity index (χ0) is 19.2. The fourth-order valence-electron chi connectivity index (χ4n) is 3.08. The molecule has 0 unspecified atom stereocenters. The van der Waals surface area contributed by atoms with E-state index in [1.807, 2.05) is 23.1 Å². The molecule has 27 heavy (non-hydrogen) atoms. The van der Waals surface area contributed by atoms with E-state index in [0.717, 1.165) is 44.9 Å². The minimum absolute atomic E-state index is 0.303. The molecule has 1 aliphatic rings. The second kappa shape index (κ2) is 13.1. The minimum atomic E-state index is 0.303. The van der Waals surface area contributed by atoms with E-state index in [-0.39, 0.29) is 0 Å². The molecule has 1 saturated heterocycles. The Morgan fingerprint density at radius 3 is 2.85 bits per heavy atom. The van der Waals surface area contributed by atoms with Crippen molar-refractivity contribution in [2.45, 2.75) is 45.6 Å². The number of nitrogens with one attached hydrogen (secondary N) is 2.